The third kappa shape index (κ3) is 9.04. The van der Waals surface area contributed by atoms with Gasteiger partial charge in [-0.1, -0.05) is 91.0 Å². The number of hydrogen-bond acceptors (Lipinski definition) is 9. The number of amides is 1. The Hall–Kier alpha value is -7.08. The molecule has 6 aromatic rings. The highest BCUT2D eigenvalue weighted by Crippen LogP contribution is 2.28. The third-order valence-corrected chi connectivity index (χ3v) is 8.57. The molecule has 1 amide bonds. The summed E-state index contributed by atoms with van der Waals surface area (Å²) in [4.78, 5) is 57.3. The summed E-state index contributed by atoms with van der Waals surface area (Å²) in [5.41, 5.74) is 10.6. The second-order valence-electron chi connectivity index (χ2n) is 12.4. The molecule has 0 radical (unpaired) electrons. The molecule has 0 bridgehead atoms. The SMILES string of the molecule is Cn1c(-c2ccc(C(=O)OCc3ccccc3)cc2C(=N)N)nc2cc(C(=O)NC(CC(=O)OCc3ccccc3)C(=O)OCc3ccccc3)ccc21. The molecule has 1 heterocycles. The van der Waals surface area contributed by atoms with E-state index in [1.807, 2.05) is 66.7 Å². The van der Waals surface area contributed by atoms with Crippen LogP contribution in [-0.4, -0.2) is 45.2 Å². The van der Waals surface area contributed by atoms with E-state index in [-0.39, 0.29) is 42.3 Å². The van der Waals surface area contributed by atoms with Gasteiger partial charge in [-0.05, 0) is 53.1 Å². The summed E-state index contributed by atoms with van der Waals surface area (Å²) < 4.78 is 18.1. The molecule has 12 heteroatoms. The fourth-order valence-electron chi connectivity index (χ4n) is 5.71. The van der Waals surface area contributed by atoms with Crippen LogP contribution in [0.4, 0.5) is 0 Å². The monoisotopic (exact) mass is 723 g/mol. The van der Waals surface area contributed by atoms with Gasteiger partial charge in [-0.25, -0.2) is 14.6 Å². The van der Waals surface area contributed by atoms with Gasteiger partial charge < -0.3 is 29.8 Å². The van der Waals surface area contributed by atoms with Crippen molar-refractivity contribution in [2.24, 2.45) is 12.8 Å². The number of amidine groups is 1. The number of rotatable bonds is 14. The van der Waals surface area contributed by atoms with Crippen LogP contribution in [0.5, 0.6) is 0 Å². The Balaban J connectivity index is 1.20. The number of imidazole rings is 1. The summed E-state index contributed by atoms with van der Waals surface area (Å²) in [6, 6.07) is 35.6. The average molecular weight is 724 g/mol. The van der Waals surface area contributed by atoms with Crippen molar-refractivity contribution in [3.63, 3.8) is 0 Å². The van der Waals surface area contributed by atoms with Crippen molar-refractivity contribution < 1.29 is 33.4 Å². The van der Waals surface area contributed by atoms with Crippen LogP contribution in [0.25, 0.3) is 22.4 Å². The molecule has 0 spiro atoms. The van der Waals surface area contributed by atoms with Crippen molar-refractivity contribution in [2.75, 3.05) is 0 Å². The van der Waals surface area contributed by atoms with E-state index < -0.39 is 36.3 Å². The molecule has 6 rings (SSSR count). The molecule has 0 saturated carbocycles. The molecule has 0 aliphatic heterocycles. The Kier molecular flexibility index (Phi) is 11.5. The van der Waals surface area contributed by atoms with E-state index in [1.54, 1.807) is 66.2 Å². The smallest absolute Gasteiger partial charge is 0.338 e. The van der Waals surface area contributed by atoms with Gasteiger partial charge in [0.1, 0.15) is 37.5 Å². The molecule has 1 unspecified atom stereocenters. The van der Waals surface area contributed by atoms with Crippen LogP contribution in [0.15, 0.2) is 127 Å². The first-order chi connectivity index (χ1) is 26.2. The predicted molar refractivity (Wildman–Crippen MR) is 201 cm³/mol. The Labute approximate surface area is 311 Å². The second-order valence-corrected chi connectivity index (χ2v) is 12.4. The molecule has 54 heavy (non-hydrogen) atoms. The number of ether oxygens (including phenoxy) is 3. The highest BCUT2D eigenvalue weighted by atomic mass is 16.5. The zero-order valence-corrected chi connectivity index (χ0v) is 29.4. The summed E-state index contributed by atoms with van der Waals surface area (Å²) in [5, 5.41) is 10.9. The number of nitrogens with zero attached hydrogens (tertiary/aromatic N) is 2. The minimum absolute atomic E-state index is 0.00446. The lowest BCUT2D eigenvalue weighted by molar-refractivity contribution is -0.153. The number of hydrogen-bond donors (Lipinski definition) is 3. The Morgan fingerprint density at radius 3 is 1.87 bits per heavy atom. The van der Waals surface area contributed by atoms with Gasteiger partial charge in [0.2, 0.25) is 0 Å². The highest BCUT2D eigenvalue weighted by Gasteiger charge is 2.27. The molecule has 0 aliphatic rings. The van der Waals surface area contributed by atoms with E-state index in [0.717, 1.165) is 16.7 Å². The number of nitrogen functional groups attached to an aromatic ring is 1. The Morgan fingerprint density at radius 1 is 0.722 bits per heavy atom. The number of aromatic nitrogens is 2. The van der Waals surface area contributed by atoms with Crippen molar-refractivity contribution in [3.05, 3.63) is 161 Å². The van der Waals surface area contributed by atoms with E-state index in [1.165, 1.54) is 6.07 Å². The maximum absolute atomic E-state index is 13.6. The van der Waals surface area contributed by atoms with Crippen LogP contribution in [0.2, 0.25) is 0 Å². The van der Waals surface area contributed by atoms with Crippen molar-refractivity contribution in [1.82, 2.24) is 14.9 Å². The molecule has 272 valence electrons. The number of esters is 3. The van der Waals surface area contributed by atoms with Gasteiger partial charge in [0.05, 0.1) is 23.0 Å². The molecule has 12 nitrogen and oxygen atoms in total. The largest absolute Gasteiger partial charge is 0.461 e. The number of carbonyl (C=O) groups is 4. The summed E-state index contributed by atoms with van der Waals surface area (Å²) in [7, 11) is 1.77. The lowest BCUT2D eigenvalue weighted by Gasteiger charge is -2.17. The number of carbonyl (C=O) groups excluding carboxylic acids is 4. The molecule has 1 aromatic heterocycles. The minimum atomic E-state index is -1.34. The average Bonchev–Trinajstić information content (AvgIpc) is 3.53. The second kappa shape index (κ2) is 17.0. The lowest BCUT2D eigenvalue weighted by atomic mass is 10.0. The normalized spacial score (nSPS) is 11.4. The zero-order chi connectivity index (χ0) is 38.0. The van der Waals surface area contributed by atoms with Gasteiger partial charge in [-0.2, -0.15) is 0 Å². The van der Waals surface area contributed by atoms with E-state index in [9.17, 15) is 19.2 Å². The van der Waals surface area contributed by atoms with E-state index in [4.69, 9.17) is 30.3 Å². The molecule has 0 fully saturated rings. The molecular formula is C42H37N5O7. The molecular weight excluding hydrogens is 686 g/mol. The first-order valence-corrected chi connectivity index (χ1v) is 17.0. The summed E-state index contributed by atoms with van der Waals surface area (Å²) in [6.45, 7) is 0.0435. The van der Waals surface area contributed by atoms with Gasteiger partial charge in [-0.3, -0.25) is 15.0 Å². The number of benzene rings is 5. The number of nitrogens with one attached hydrogen (secondary N) is 2. The summed E-state index contributed by atoms with van der Waals surface area (Å²) in [5.74, 6) is -2.54. The Morgan fingerprint density at radius 2 is 1.28 bits per heavy atom. The van der Waals surface area contributed by atoms with Gasteiger partial charge in [0.25, 0.3) is 5.91 Å². The van der Waals surface area contributed by atoms with Crippen LogP contribution >= 0.6 is 0 Å². The molecule has 0 saturated heterocycles. The maximum atomic E-state index is 13.6. The lowest BCUT2D eigenvalue weighted by Crippen LogP contribution is -2.43. The standard InChI is InChI=1S/C42H37N5O7/c1-47-36-20-18-30(22-34(36)45-39(47)32-19-17-31(21-33(32)38(43)44)41(50)53-25-28-13-7-3-8-14-28)40(49)46-35(42(51)54-26-29-15-9-4-10-16-29)23-37(48)52-24-27-11-5-2-6-12-27/h2-22,35H,23-26H2,1H3,(H3,43,44)(H,46,49). The summed E-state index contributed by atoms with van der Waals surface area (Å²) >= 11 is 0. The minimum Gasteiger partial charge on any atom is -0.461 e. The number of aryl methyl sites for hydroxylation is 1. The first kappa shape index (κ1) is 36.7. The van der Waals surface area contributed by atoms with Crippen molar-refractivity contribution in [3.8, 4) is 11.4 Å². The van der Waals surface area contributed by atoms with E-state index in [2.05, 4.69) is 5.32 Å². The molecule has 1 atom stereocenters. The van der Waals surface area contributed by atoms with E-state index >= 15 is 0 Å². The van der Waals surface area contributed by atoms with Gasteiger partial charge >= 0.3 is 17.9 Å². The van der Waals surface area contributed by atoms with Crippen LogP contribution in [-0.2, 0) is 50.7 Å². The zero-order valence-electron chi connectivity index (χ0n) is 29.4. The van der Waals surface area contributed by atoms with Gasteiger partial charge in [0.15, 0.2) is 0 Å². The topological polar surface area (TPSA) is 176 Å². The van der Waals surface area contributed by atoms with Crippen LogP contribution in [0, 0.1) is 5.41 Å². The van der Waals surface area contributed by atoms with Crippen molar-refractivity contribution >= 4 is 40.7 Å². The van der Waals surface area contributed by atoms with Crippen LogP contribution in [0.1, 0.15) is 49.4 Å². The third-order valence-electron chi connectivity index (χ3n) is 8.57. The van der Waals surface area contributed by atoms with Gasteiger partial charge in [-0.15, -0.1) is 0 Å². The predicted octanol–water partition coefficient (Wildman–Crippen LogP) is 5.86. The summed E-state index contributed by atoms with van der Waals surface area (Å²) in [6.07, 6.45) is -0.453. The van der Waals surface area contributed by atoms with E-state index in [0.29, 0.717) is 22.4 Å². The first-order valence-electron chi connectivity index (χ1n) is 17.0. The Bertz CT molecular complexity index is 2310. The number of fused-ring (bicyclic) bond motifs is 1. The molecule has 4 N–H and O–H groups in total. The molecule has 0 aliphatic carbocycles. The van der Waals surface area contributed by atoms with Crippen molar-refractivity contribution in [1.29, 1.82) is 5.41 Å². The van der Waals surface area contributed by atoms with Gasteiger partial charge in [0, 0.05) is 23.7 Å². The maximum Gasteiger partial charge on any atom is 0.338 e. The fourth-order valence-corrected chi connectivity index (χ4v) is 5.71. The molecule has 5 aromatic carbocycles. The fraction of sp³-hybridized carbons (Fsp3) is 0.143. The van der Waals surface area contributed by atoms with Crippen LogP contribution < -0.4 is 11.1 Å². The van der Waals surface area contributed by atoms with Crippen LogP contribution in [0.3, 0.4) is 0 Å². The quantitative estimate of drug-likeness (QED) is 0.0538. The van der Waals surface area contributed by atoms with Crippen molar-refractivity contribution in [2.45, 2.75) is 32.3 Å². The highest BCUT2D eigenvalue weighted by molar-refractivity contribution is 6.04. The number of nitrogens with two attached hydrogens (primary N) is 1.